The van der Waals surface area contributed by atoms with Crippen molar-refractivity contribution in [2.45, 2.75) is 70.6 Å². The summed E-state index contributed by atoms with van der Waals surface area (Å²) in [6, 6.07) is 5.74. The normalized spacial score (nSPS) is 18.1. The van der Waals surface area contributed by atoms with E-state index < -0.39 is 23.7 Å². The smallest absolute Gasteiger partial charge is 0.408 e. The van der Waals surface area contributed by atoms with Crippen molar-refractivity contribution < 1.29 is 24.2 Å². The molecule has 2 fully saturated rings. The monoisotopic (exact) mass is 375 g/mol. The SMILES string of the molecule is CC(C)(C)OC(=O)N[C@@H](Cc1ccc(O)cc1)C(=O)OC(C1CC1)C1CC1. The van der Waals surface area contributed by atoms with Crippen LogP contribution < -0.4 is 5.32 Å². The highest BCUT2D eigenvalue weighted by Gasteiger charge is 2.45. The predicted molar refractivity (Wildman–Crippen MR) is 100 cm³/mol. The Kier molecular flexibility index (Phi) is 5.63. The molecule has 3 rings (SSSR count). The predicted octanol–water partition coefficient (Wildman–Crippen LogP) is 3.56. The van der Waals surface area contributed by atoms with Crippen LogP contribution in [0.3, 0.4) is 0 Å². The fourth-order valence-electron chi connectivity index (χ4n) is 3.15. The van der Waals surface area contributed by atoms with Crippen LogP contribution in [0.15, 0.2) is 24.3 Å². The Morgan fingerprint density at radius 3 is 2.15 bits per heavy atom. The molecule has 0 aromatic heterocycles. The Balaban J connectivity index is 1.68. The zero-order chi connectivity index (χ0) is 19.6. The van der Waals surface area contributed by atoms with Gasteiger partial charge in [-0.05, 0) is 76.0 Å². The van der Waals surface area contributed by atoms with Crippen LogP contribution in [0.5, 0.6) is 5.75 Å². The number of aromatic hydroxyl groups is 1. The molecule has 148 valence electrons. The summed E-state index contributed by atoms with van der Waals surface area (Å²) in [6.07, 6.45) is 4.04. The highest BCUT2D eigenvalue weighted by atomic mass is 16.6. The molecule has 1 aromatic carbocycles. The second-order valence-corrected chi connectivity index (χ2v) is 8.65. The molecule has 0 radical (unpaired) electrons. The van der Waals surface area contributed by atoms with Gasteiger partial charge in [0.25, 0.3) is 0 Å². The number of alkyl carbamates (subject to hydrolysis) is 1. The van der Waals surface area contributed by atoms with Gasteiger partial charge in [-0.15, -0.1) is 0 Å². The Morgan fingerprint density at radius 2 is 1.67 bits per heavy atom. The van der Waals surface area contributed by atoms with Crippen LogP contribution in [0.4, 0.5) is 4.79 Å². The van der Waals surface area contributed by atoms with Gasteiger partial charge in [-0.25, -0.2) is 9.59 Å². The minimum atomic E-state index is -0.829. The van der Waals surface area contributed by atoms with Crippen LogP contribution in [0.2, 0.25) is 0 Å². The number of hydrogen-bond donors (Lipinski definition) is 2. The van der Waals surface area contributed by atoms with Crippen LogP contribution in [-0.2, 0) is 20.7 Å². The molecule has 6 heteroatoms. The van der Waals surface area contributed by atoms with Gasteiger partial charge in [0.15, 0.2) is 0 Å². The first-order valence-corrected chi connectivity index (χ1v) is 9.69. The molecule has 0 saturated heterocycles. The third kappa shape index (κ3) is 6.15. The third-order valence-electron chi connectivity index (χ3n) is 4.78. The number of esters is 1. The molecule has 1 aromatic rings. The molecule has 0 heterocycles. The molecular formula is C21H29NO5. The lowest BCUT2D eigenvalue weighted by atomic mass is 10.1. The fraction of sp³-hybridized carbons (Fsp3) is 0.619. The minimum absolute atomic E-state index is 0.0275. The van der Waals surface area contributed by atoms with Gasteiger partial charge in [-0.1, -0.05) is 12.1 Å². The third-order valence-corrected chi connectivity index (χ3v) is 4.78. The van der Waals surface area contributed by atoms with Crippen molar-refractivity contribution in [3.8, 4) is 5.75 Å². The Morgan fingerprint density at radius 1 is 1.11 bits per heavy atom. The number of rotatable bonds is 7. The number of ether oxygens (including phenoxy) is 2. The molecular weight excluding hydrogens is 346 g/mol. The quantitative estimate of drug-likeness (QED) is 0.712. The van der Waals surface area contributed by atoms with Crippen molar-refractivity contribution in [1.82, 2.24) is 5.32 Å². The van der Waals surface area contributed by atoms with E-state index in [1.807, 2.05) is 0 Å². The molecule has 0 bridgehead atoms. The van der Waals surface area contributed by atoms with Crippen molar-refractivity contribution >= 4 is 12.1 Å². The standard InChI is InChI=1S/C21H29NO5/c1-21(2,3)27-20(25)22-17(12-13-4-10-16(23)11-5-13)19(24)26-18(14-6-7-14)15-8-9-15/h4-5,10-11,14-15,17-18,23H,6-9,12H2,1-3H3,(H,22,25)/t17-/m0/s1. The average molecular weight is 375 g/mol. The molecule has 0 aliphatic heterocycles. The van der Waals surface area contributed by atoms with E-state index in [0.29, 0.717) is 11.8 Å². The number of benzene rings is 1. The first-order valence-electron chi connectivity index (χ1n) is 9.69. The van der Waals surface area contributed by atoms with Crippen LogP contribution in [0.25, 0.3) is 0 Å². The summed E-state index contributed by atoms with van der Waals surface area (Å²) in [5, 5.41) is 12.1. The van der Waals surface area contributed by atoms with E-state index in [-0.39, 0.29) is 18.3 Å². The lowest BCUT2D eigenvalue weighted by molar-refractivity contribution is -0.154. The summed E-state index contributed by atoms with van der Waals surface area (Å²) in [6.45, 7) is 5.32. The molecule has 2 aliphatic rings. The maximum absolute atomic E-state index is 12.8. The van der Waals surface area contributed by atoms with Gasteiger partial charge < -0.3 is 19.9 Å². The van der Waals surface area contributed by atoms with E-state index in [1.165, 1.54) is 0 Å². The number of nitrogens with one attached hydrogen (secondary N) is 1. The van der Waals surface area contributed by atoms with E-state index in [2.05, 4.69) is 5.32 Å². The fourth-order valence-corrected chi connectivity index (χ4v) is 3.15. The molecule has 0 spiro atoms. The molecule has 1 atom stereocenters. The van der Waals surface area contributed by atoms with Crippen molar-refractivity contribution in [3.05, 3.63) is 29.8 Å². The van der Waals surface area contributed by atoms with Gasteiger partial charge >= 0.3 is 12.1 Å². The van der Waals surface area contributed by atoms with E-state index in [4.69, 9.17) is 9.47 Å². The summed E-state index contributed by atoms with van der Waals surface area (Å²) in [7, 11) is 0. The van der Waals surface area contributed by atoms with Gasteiger partial charge in [0.2, 0.25) is 0 Å². The number of phenols is 1. The number of hydrogen-bond acceptors (Lipinski definition) is 5. The summed E-state index contributed by atoms with van der Waals surface area (Å²) in [4.78, 5) is 25.1. The summed E-state index contributed by atoms with van der Waals surface area (Å²) in [5.74, 6) is 0.674. The summed E-state index contributed by atoms with van der Waals surface area (Å²) in [5.41, 5.74) is 0.168. The zero-order valence-electron chi connectivity index (χ0n) is 16.2. The van der Waals surface area contributed by atoms with Crippen LogP contribution >= 0.6 is 0 Å². The van der Waals surface area contributed by atoms with Crippen LogP contribution in [0.1, 0.15) is 52.0 Å². The van der Waals surface area contributed by atoms with E-state index in [9.17, 15) is 14.7 Å². The van der Waals surface area contributed by atoms with Crippen molar-refractivity contribution in [2.24, 2.45) is 11.8 Å². The second-order valence-electron chi connectivity index (χ2n) is 8.65. The molecule has 27 heavy (non-hydrogen) atoms. The van der Waals surface area contributed by atoms with Gasteiger partial charge in [0, 0.05) is 6.42 Å². The van der Waals surface area contributed by atoms with Crippen molar-refractivity contribution in [3.63, 3.8) is 0 Å². The second kappa shape index (κ2) is 7.79. The number of phenolic OH excluding ortho intramolecular Hbond substituents is 1. The molecule has 2 aliphatic carbocycles. The lowest BCUT2D eigenvalue weighted by Crippen LogP contribution is -2.46. The zero-order valence-corrected chi connectivity index (χ0v) is 16.2. The minimum Gasteiger partial charge on any atom is -0.508 e. The molecule has 2 N–H and O–H groups in total. The van der Waals surface area contributed by atoms with Gasteiger partial charge in [-0.2, -0.15) is 0 Å². The van der Waals surface area contributed by atoms with E-state index >= 15 is 0 Å². The molecule has 2 saturated carbocycles. The average Bonchev–Trinajstić information content (AvgIpc) is 3.45. The first kappa shape index (κ1) is 19.5. The molecule has 0 unspecified atom stereocenters. The summed E-state index contributed by atoms with van der Waals surface area (Å²) < 4.78 is 11.1. The van der Waals surface area contributed by atoms with E-state index in [0.717, 1.165) is 31.2 Å². The number of carbonyl (C=O) groups is 2. The number of amides is 1. The number of carbonyl (C=O) groups excluding carboxylic acids is 2. The highest BCUT2D eigenvalue weighted by Crippen LogP contribution is 2.46. The van der Waals surface area contributed by atoms with Crippen molar-refractivity contribution in [1.29, 1.82) is 0 Å². The Labute approximate surface area is 160 Å². The van der Waals surface area contributed by atoms with Gasteiger partial charge in [0.05, 0.1) is 0 Å². The van der Waals surface area contributed by atoms with Crippen LogP contribution in [-0.4, -0.2) is 34.9 Å². The first-order chi connectivity index (χ1) is 12.7. The topological polar surface area (TPSA) is 84.9 Å². The Hall–Kier alpha value is -2.24. The van der Waals surface area contributed by atoms with Gasteiger partial charge in [-0.3, -0.25) is 0 Å². The van der Waals surface area contributed by atoms with E-state index in [1.54, 1.807) is 45.0 Å². The molecule has 1 amide bonds. The maximum atomic E-state index is 12.8. The summed E-state index contributed by atoms with van der Waals surface area (Å²) >= 11 is 0. The highest BCUT2D eigenvalue weighted by molar-refractivity contribution is 5.82. The van der Waals surface area contributed by atoms with Crippen LogP contribution in [0, 0.1) is 11.8 Å². The molecule has 6 nitrogen and oxygen atoms in total. The van der Waals surface area contributed by atoms with Gasteiger partial charge in [0.1, 0.15) is 23.5 Å². The van der Waals surface area contributed by atoms with Crippen molar-refractivity contribution in [2.75, 3.05) is 0 Å². The maximum Gasteiger partial charge on any atom is 0.408 e. The lowest BCUT2D eigenvalue weighted by Gasteiger charge is -2.25. The Bertz CT molecular complexity index is 659. The largest absolute Gasteiger partial charge is 0.508 e.